The number of benzene rings is 1. The molecule has 0 bridgehead atoms. The van der Waals surface area contributed by atoms with E-state index in [-0.39, 0.29) is 18.0 Å². The van der Waals surface area contributed by atoms with Crippen LogP contribution in [-0.2, 0) is 20.5 Å². The third-order valence-corrected chi connectivity index (χ3v) is 6.63. The van der Waals surface area contributed by atoms with Crippen molar-refractivity contribution in [2.75, 3.05) is 7.11 Å². The summed E-state index contributed by atoms with van der Waals surface area (Å²) in [4.78, 5) is 15.7. The van der Waals surface area contributed by atoms with Crippen LogP contribution in [0.1, 0.15) is 54.3 Å². The molecule has 1 amide bonds. The highest BCUT2D eigenvalue weighted by atomic mass is 35.5. The predicted octanol–water partition coefficient (Wildman–Crippen LogP) is 5.06. The number of nitrogens with zero attached hydrogens (tertiary/aromatic N) is 5. The van der Waals surface area contributed by atoms with E-state index in [0.717, 1.165) is 35.4 Å². The van der Waals surface area contributed by atoms with Crippen molar-refractivity contribution in [3.8, 4) is 17.1 Å². The van der Waals surface area contributed by atoms with Gasteiger partial charge in [-0.25, -0.2) is 4.68 Å². The van der Waals surface area contributed by atoms with E-state index in [4.69, 9.17) is 33.0 Å². The number of hydrogen-bond acceptors (Lipinski definition) is 4. The van der Waals surface area contributed by atoms with Crippen molar-refractivity contribution in [1.29, 1.82) is 0 Å². The minimum atomic E-state index is -0.157. The first-order valence-corrected chi connectivity index (χ1v) is 11.5. The maximum absolute atomic E-state index is 13.7. The number of halogens is 2. The van der Waals surface area contributed by atoms with Crippen molar-refractivity contribution in [2.24, 2.45) is 14.1 Å². The molecule has 2 aromatic heterocycles. The van der Waals surface area contributed by atoms with E-state index in [1.54, 1.807) is 31.1 Å². The number of hydrogen-bond donors (Lipinski definition) is 0. The number of amides is 1. The van der Waals surface area contributed by atoms with Crippen LogP contribution in [0.5, 0.6) is 5.88 Å². The van der Waals surface area contributed by atoms with E-state index >= 15 is 0 Å². The highest BCUT2D eigenvalue weighted by Crippen LogP contribution is 2.42. The summed E-state index contributed by atoms with van der Waals surface area (Å²) in [6.07, 6.45) is 3.83. The Hall–Kier alpha value is -2.51. The molecule has 2 atom stereocenters. The van der Waals surface area contributed by atoms with Crippen LogP contribution in [0, 0.1) is 0 Å². The lowest BCUT2D eigenvalue weighted by Gasteiger charge is -2.41. The van der Waals surface area contributed by atoms with Crippen molar-refractivity contribution >= 4 is 29.1 Å². The Morgan fingerprint density at radius 2 is 1.81 bits per heavy atom. The van der Waals surface area contributed by atoms with Crippen molar-refractivity contribution in [2.45, 2.75) is 45.2 Å². The highest BCUT2D eigenvalue weighted by molar-refractivity contribution is 6.35. The Labute approximate surface area is 197 Å². The summed E-state index contributed by atoms with van der Waals surface area (Å²) in [6, 6.07) is 5.40. The van der Waals surface area contributed by atoms with E-state index in [0.29, 0.717) is 27.9 Å². The molecule has 32 heavy (non-hydrogen) atoms. The van der Waals surface area contributed by atoms with Crippen molar-refractivity contribution in [1.82, 2.24) is 24.5 Å². The molecule has 1 aromatic carbocycles. The summed E-state index contributed by atoms with van der Waals surface area (Å²) in [6.45, 7) is 4.19. The summed E-state index contributed by atoms with van der Waals surface area (Å²) in [7, 11) is 5.24. The van der Waals surface area contributed by atoms with Crippen LogP contribution in [-0.4, -0.2) is 43.5 Å². The lowest BCUT2D eigenvalue weighted by atomic mass is 9.87. The second kappa shape index (κ2) is 8.79. The minimum absolute atomic E-state index is 0.0162. The van der Waals surface area contributed by atoms with Gasteiger partial charge in [-0.3, -0.25) is 9.48 Å². The maximum atomic E-state index is 13.7. The third kappa shape index (κ3) is 3.67. The van der Waals surface area contributed by atoms with Gasteiger partial charge >= 0.3 is 0 Å². The number of fused-ring (bicyclic) bond motifs is 1. The van der Waals surface area contributed by atoms with Gasteiger partial charge in [-0.15, -0.1) is 0 Å². The molecule has 0 saturated carbocycles. The van der Waals surface area contributed by atoms with Gasteiger partial charge in [0.05, 0.1) is 30.7 Å². The molecular weight excluding hydrogens is 449 g/mol. The SMILES string of the molecule is CCC1Cc2c(nn(C)c2-c2cc(Cl)cc(Cl)c2)C(CC)N1C(=O)c1cnn(C)c1OC. The van der Waals surface area contributed by atoms with Crippen molar-refractivity contribution in [3.05, 3.63) is 51.3 Å². The molecule has 7 nitrogen and oxygen atoms in total. The standard InChI is InChI=1S/C23H27Cl2N5O2/c1-6-16-11-17-20(27-28(3)21(17)13-8-14(24)10-15(25)9-13)19(7-2)30(16)22(31)18-12-26-29(4)23(18)32-5/h8-10,12,16,19H,6-7,11H2,1-5H3. The number of aryl methyl sites for hydroxylation is 2. The summed E-state index contributed by atoms with van der Waals surface area (Å²) >= 11 is 12.6. The molecular formula is C23H27Cl2N5O2. The van der Waals surface area contributed by atoms with Gasteiger partial charge in [0.25, 0.3) is 5.91 Å². The lowest BCUT2D eigenvalue weighted by Crippen LogP contribution is -2.47. The number of aromatic nitrogens is 4. The van der Waals surface area contributed by atoms with Gasteiger partial charge in [-0.05, 0) is 37.5 Å². The Bertz CT molecular complexity index is 1150. The second-order valence-corrected chi connectivity index (χ2v) is 8.96. The van der Waals surface area contributed by atoms with Gasteiger partial charge in [0, 0.05) is 41.3 Å². The van der Waals surface area contributed by atoms with E-state index in [1.807, 2.05) is 28.8 Å². The van der Waals surface area contributed by atoms with Crippen LogP contribution in [0.4, 0.5) is 0 Å². The van der Waals surface area contributed by atoms with Crippen LogP contribution in [0.2, 0.25) is 10.0 Å². The molecule has 1 aliphatic rings. The smallest absolute Gasteiger partial charge is 0.261 e. The van der Waals surface area contributed by atoms with Crippen molar-refractivity contribution in [3.63, 3.8) is 0 Å². The van der Waals surface area contributed by atoms with Gasteiger partial charge in [-0.2, -0.15) is 10.2 Å². The highest BCUT2D eigenvalue weighted by Gasteiger charge is 2.41. The fraction of sp³-hybridized carbons (Fsp3) is 0.435. The zero-order chi connectivity index (χ0) is 23.2. The molecule has 0 fully saturated rings. The van der Waals surface area contributed by atoms with Crippen LogP contribution in [0.3, 0.4) is 0 Å². The monoisotopic (exact) mass is 475 g/mol. The van der Waals surface area contributed by atoms with E-state index in [9.17, 15) is 4.79 Å². The van der Waals surface area contributed by atoms with Crippen LogP contribution in [0.15, 0.2) is 24.4 Å². The Kier molecular flexibility index (Phi) is 6.23. The normalized spacial score (nSPS) is 18.0. The van der Waals surface area contributed by atoms with Crippen LogP contribution in [0.25, 0.3) is 11.3 Å². The van der Waals surface area contributed by atoms with Gasteiger partial charge in [-0.1, -0.05) is 37.0 Å². The molecule has 0 N–H and O–H groups in total. The Morgan fingerprint density at radius 1 is 1.12 bits per heavy atom. The topological polar surface area (TPSA) is 65.2 Å². The second-order valence-electron chi connectivity index (χ2n) is 8.09. The minimum Gasteiger partial charge on any atom is -0.481 e. The van der Waals surface area contributed by atoms with Gasteiger partial charge in [0.2, 0.25) is 5.88 Å². The zero-order valence-corrected chi connectivity index (χ0v) is 20.4. The number of carbonyl (C=O) groups is 1. The number of carbonyl (C=O) groups excluding carboxylic acids is 1. The van der Waals surface area contributed by atoms with Gasteiger partial charge in [0.15, 0.2) is 0 Å². The average molecular weight is 476 g/mol. The average Bonchev–Trinajstić information content (AvgIpc) is 3.29. The Balaban J connectivity index is 1.83. The molecule has 0 spiro atoms. The first kappa shape index (κ1) is 22.7. The van der Waals surface area contributed by atoms with Crippen LogP contribution < -0.4 is 4.74 Å². The number of ether oxygens (including phenoxy) is 1. The largest absolute Gasteiger partial charge is 0.481 e. The molecule has 0 aliphatic carbocycles. The van der Waals surface area contributed by atoms with E-state index in [1.165, 1.54) is 0 Å². The van der Waals surface area contributed by atoms with Gasteiger partial charge in [0.1, 0.15) is 5.56 Å². The molecule has 1 aliphatic heterocycles. The molecule has 9 heteroatoms. The summed E-state index contributed by atoms with van der Waals surface area (Å²) < 4.78 is 8.90. The summed E-state index contributed by atoms with van der Waals surface area (Å²) in [5, 5.41) is 10.3. The predicted molar refractivity (Wildman–Crippen MR) is 125 cm³/mol. The molecule has 0 radical (unpaired) electrons. The Morgan fingerprint density at radius 3 is 2.41 bits per heavy atom. The fourth-order valence-electron chi connectivity index (χ4n) is 4.82. The summed E-state index contributed by atoms with van der Waals surface area (Å²) in [5.41, 5.74) is 4.45. The summed E-state index contributed by atoms with van der Waals surface area (Å²) in [5.74, 6) is 0.373. The maximum Gasteiger partial charge on any atom is 0.261 e. The fourth-order valence-corrected chi connectivity index (χ4v) is 5.35. The molecule has 0 saturated heterocycles. The molecule has 3 heterocycles. The van der Waals surface area contributed by atoms with Gasteiger partial charge < -0.3 is 9.64 Å². The van der Waals surface area contributed by atoms with E-state index < -0.39 is 0 Å². The lowest BCUT2D eigenvalue weighted by molar-refractivity contribution is 0.0509. The van der Waals surface area contributed by atoms with Crippen LogP contribution >= 0.6 is 23.2 Å². The first-order chi connectivity index (χ1) is 15.3. The van der Waals surface area contributed by atoms with Crippen molar-refractivity contribution < 1.29 is 9.53 Å². The quantitative estimate of drug-likeness (QED) is 0.516. The molecule has 2 unspecified atom stereocenters. The first-order valence-electron chi connectivity index (χ1n) is 10.7. The third-order valence-electron chi connectivity index (χ3n) is 6.20. The number of methoxy groups -OCH3 is 1. The zero-order valence-electron chi connectivity index (χ0n) is 18.9. The molecule has 4 rings (SSSR count). The van der Waals surface area contributed by atoms with E-state index in [2.05, 4.69) is 18.9 Å². The number of rotatable bonds is 5. The molecule has 170 valence electrons. The molecule has 3 aromatic rings.